The van der Waals surface area contributed by atoms with Crippen LogP contribution in [0.25, 0.3) is 11.2 Å². The summed E-state index contributed by atoms with van der Waals surface area (Å²) < 4.78 is 25.7. The molecule has 0 aliphatic carbocycles. The highest BCUT2D eigenvalue weighted by molar-refractivity contribution is 6.06. The standard InChI is InChI=1S/C38H37N5O6/c1-46-31-17-13-29(14-18-31)38(28-11-7-4-8-12-28,30-15-19-32(47-2)20-16-30)49-24-33(23-44)48-22-21-43-26-41-34-35(39-25-40-36(34)43)42-37(45)27-9-5-3-6-10-27/h3-20,25-26,33,44H,21-24H2,1-2H3,(H,39,40,42,45)/t33-/m0/s1. The number of aromatic nitrogens is 4. The van der Waals surface area contributed by atoms with Crippen molar-refractivity contribution in [3.63, 3.8) is 0 Å². The molecule has 1 amide bonds. The third-order valence-electron chi connectivity index (χ3n) is 8.22. The Hall–Kier alpha value is -5.62. The first-order valence-corrected chi connectivity index (χ1v) is 15.8. The number of hydrogen-bond acceptors (Lipinski definition) is 9. The number of aliphatic hydroxyl groups excluding tert-OH is 1. The fourth-order valence-corrected chi connectivity index (χ4v) is 5.67. The van der Waals surface area contributed by atoms with Crippen molar-refractivity contribution < 1.29 is 28.8 Å². The first-order chi connectivity index (χ1) is 24.0. The quantitative estimate of drug-likeness (QED) is 0.138. The van der Waals surface area contributed by atoms with Gasteiger partial charge in [-0.15, -0.1) is 0 Å². The number of anilines is 1. The molecule has 11 heteroatoms. The lowest BCUT2D eigenvalue weighted by Crippen LogP contribution is -2.37. The summed E-state index contributed by atoms with van der Waals surface area (Å²) >= 11 is 0. The van der Waals surface area contributed by atoms with E-state index in [1.165, 1.54) is 6.33 Å². The van der Waals surface area contributed by atoms with Crippen LogP contribution >= 0.6 is 0 Å². The zero-order chi connectivity index (χ0) is 34.1. The fourth-order valence-electron chi connectivity index (χ4n) is 5.67. The molecule has 0 aliphatic rings. The molecule has 11 nitrogen and oxygen atoms in total. The molecule has 0 saturated carbocycles. The number of hydrogen-bond donors (Lipinski definition) is 2. The van der Waals surface area contributed by atoms with Gasteiger partial charge in [-0.2, -0.15) is 0 Å². The molecule has 2 aromatic heterocycles. The van der Waals surface area contributed by atoms with Crippen LogP contribution in [-0.4, -0.2) is 70.7 Å². The van der Waals surface area contributed by atoms with E-state index >= 15 is 0 Å². The predicted molar refractivity (Wildman–Crippen MR) is 185 cm³/mol. The minimum atomic E-state index is -1.05. The van der Waals surface area contributed by atoms with Crippen LogP contribution in [0, 0.1) is 0 Å². The number of nitrogens with zero attached hydrogens (tertiary/aromatic N) is 4. The number of benzene rings is 4. The van der Waals surface area contributed by atoms with Crippen LogP contribution < -0.4 is 14.8 Å². The van der Waals surface area contributed by atoms with E-state index in [-0.39, 0.29) is 25.7 Å². The van der Waals surface area contributed by atoms with E-state index in [2.05, 4.69) is 20.3 Å². The highest BCUT2D eigenvalue weighted by Crippen LogP contribution is 2.41. The average molecular weight is 660 g/mol. The number of fused-ring (bicyclic) bond motifs is 1. The number of rotatable bonds is 15. The lowest BCUT2D eigenvalue weighted by molar-refractivity contribution is -0.0819. The van der Waals surface area contributed by atoms with Crippen LogP contribution in [-0.2, 0) is 21.6 Å². The second kappa shape index (κ2) is 15.5. The van der Waals surface area contributed by atoms with E-state index in [9.17, 15) is 9.90 Å². The second-order valence-electron chi connectivity index (χ2n) is 11.1. The molecule has 0 aliphatic heterocycles. The van der Waals surface area contributed by atoms with Gasteiger partial charge in [0.05, 0.1) is 40.4 Å². The highest BCUT2D eigenvalue weighted by Gasteiger charge is 2.38. The van der Waals surface area contributed by atoms with E-state index < -0.39 is 11.7 Å². The monoisotopic (exact) mass is 659 g/mol. The van der Waals surface area contributed by atoms with Crippen LogP contribution in [0.2, 0.25) is 0 Å². The molecule has 0 saturated heterocycles. The summed E-state index contributed by atoms with van der Waals surface area (Å²) in [4.78, 5) is 25.8. The van der Waals surface area contributed by atoms with Gasteiger partial charge in [-0.1, -0.05) is 72.8 Å². The zero-order valence-electron chi connectivity index (χ0n) is 27.2. The fraction of sp³-hybridized carbons (Fsp3) is 0.211. The van der Waals surface area contributed by atoms with Gasteiger partial charge in [-0.25, -0.2) is 15.0 Å². The van der Waals surface area contributed by atoms with E-state index in [4.69, 9.17) is 18.9 Å². The molecule has 2 N–H and O–H groups in total. The van der Waals surface area contributed by atoms with Crippen molar-refractivity contribution in [1.29, 1.82) is 0 Å². The first-order valence-electron chi connectivity index (χ1n) is 15.8. The molecule has 6 rings (SSSR count). The number of nitrogens with one attached hydrogen (secondary N) is 1. The summed E-state index contributed by atoms with van der Waals surface area (Å²) in [5.41, 5.74) is 3.12. The van der Waals surface area contributed by atoms with Crippen molar-refractivity contribution in [2.45, 2.75) is 18.2 Å². The Labute approximate surface area is 284 Å². The van der Waals surface area contributed by atoms with Gasteiger partial charge < -0.3 is 33.9 Å². The lowest BCUT2D eigenvalue weighted by Gasteiger charge is -2.37. The maximum absolute atomic E-state index is 12.7. The Morgan fingerprint density at radius 3 is 1.98 bits per heavy atom. The first kappa shape index (κ1) is 33.3. The number of imidazole rings is 1. The van der Waals surface area contributed by atoms with E-state index in [1.807, 2.05) is 89.5 Å². The molecule has 49 heavy (non-hydrogen) atoms. The number of carbonyl (C=O) groups is 1. The number of ether oxygens (including phenoxy) is 4. The maximum Gasteiger partial charge on any atom is 0.256 e. The van der Waals surface area contributed by atoms with Crippen molar-refractivity contribution in [2.75, 3.05) is 39.4 Å². The SMILES string of the molecule is COc1ccc(C(OC[C@H](CO)OCCn2cnc3c(NC(=O)c4ccccc4)ncnc32)(c2ccccc2)c2ccc(OC)cc2)cc1. The smallest absolute Gasteiger partial charge is 0.256 e. The number of amides is 1. The van der Waals surface area contributed by atoms with Gasteiger partial charge in [-0.05, 0) is 53.1 Å². The third-order valence-corrected chi connectivity index (χ3v) is 8.22. The van der Waals surface area contributed by atoms with Crippen molar-refractivity contribution >= 4 is 22.9 Å². The summed E-state index contributed by atoms with van der Waals surface area (Å²) in [6.07, 6.45) is 2.36. The van der Waals surface area contributed by atoms with Crippen LogP contribution in [0.1, 0.15) is 27.0 Å². The van der Waals surface area contributed by atoms with E-state index in [0.717, 1.165) is 28.2 Å². The minimum absolute atomic E-state index is 0.0754. The summed E-state index contributed by atoms with van der Waals surface area (Å²) in [6.45, 7) is 0.431. The van der Waals surface area contributed by atoms with Gasteiger partial charge >= 0.3 is 0 Å². The molecule has 0 spiro atoms. The van der Waals surface area contributed by atoms with Crippen LogP contribution in [0.5, 0.6) is 11.5 Å². The molecule has 1 atom stereocenters. The molecule has 0 bridgehead atoms. The highest BCUT2D eigenvalue weighted by atomic mass is 16.6. The molecule has 4 aromatic carbocycles. The average Bonchev–Trinajstić information content (AvgIpc) is 3.59. The number of carbonyl (C=O) groups excluding carboxylic acids is 1. The zero-order valence-corrected chi connectivity index (χ0v) is 27.2. The van der Waals surface area contributed by atoms with Crippen molar-refractivity contribution in [2.24, 2.45) is 0 Å². The summed E-state index contributed by atoms with van der Waals surface area (Å²) in [6, 6.07) is 34.3. The van der Waals surface area contributed by atoms with Gasteiger partial charge in [0.25, 0.3) is 5.91 Å². The Bertz CT molecular complexity index is 1900. The van der Waals surface area contributed by atoms with Crippen LogP contribution in [0.4, 0.5) is 5.82 Å². The normalized spacial score (nSPS) is 12.1. The molecule has 0 unspecified atom stereocenters. The molecule has 250 valence electrons. The van der Waals surface area contributed by atoms with E-state index in [1.54, 1.807) is 44.8 Å². The van der Waals surface area contributed by atoms with Crippen molar-refractivity contribution in [1.82, 2.24) is 19.5 Å². The maximum atomic E-state index is 12.7. The topological polar surface area (TPSA) is 130 Å². The van der Waals surface area contributed by atoms with Crippen LogP contribution in [0.3, 0.4) is 0 Å². The van der Waals surface area contributed by atoms with Gasteiger partial charge in [0.15, 0.2) is 17.0 Å². The summed E-state index contributed by atoms with van der Waals surface area (Å²) in [5.74, 6) is 1.47. The summed E-state index contributed by atoms with van der Waals surface area (Å²) in [7, 11) is 3.26. The lowest BCUT2D eigenvalue weighted by atomic mass is 9.80. The van der Waals surface area contributed by atoms with Gasteiger partial charge in [0.2, 0.25) is 0 Å². The van der Waals surface area contributed by atoms with Gasteiger partial charge in [0, 0.05) is 12.1 Å². The minimum Gasteiger partial charge on any atom is -0.497 e. The molecule has 6 aromatic rings. The van der Waals surface area contributed by atoms with Gasteiger partial charge in [-0.3, -0.25) is 4.79 Å². The Morgan fingerprint density at radius 1 is 0.796 bits per heavy atom. The van der Waals surface area contributed by atoms with Crippen molar-refractivity contribution in [3.8, 4) is 11.5 Å². The Morgan fingerprint density at radius 2 is 1.39 bits per heavy atom. The van der Waals surface area contributed by atoms with Crippen LogP contribution in [0.15, 0.2) is 122 Å². The number of methoxy groups -OCH3 is 2. The molecular weight excluding hydrogens is 622 g/mol. The van der Waals surface area contributed by atoms with E-state index in [0.29, 0.717) is 29.1 Å². The molecule has 0 radical (unpaired) electrons. The third kappa shape index (κ3) is 7.29. The molecule has 0 fully saturated rings. The Balaban J connectivity index is 1.20. The number of aliphatic hydroxyl groups is 1. The largest absolute Gasteiger partial charge is 0.497 e. The predicted octanol–water partition coefficient (Wildman–Crippen LogP) is 5.48. The summed E-state index contributed by atoms with van der Waals surface area (Å²) in [5, 5.41) is 13.2. The molecular formula is C38H37N5O6. The Kier molecular flexibility index (Phi) is 10.5. The van der Waals surface area contributed by atoms with Gasteiger partial charge in [0.1, 0.15) is 29.5 Å². The van der Waals surface area contributed by atoms with Crippen molar-refractivity contribution in [3.05, 3.63) is 144 Å². The second-order valence-corrected chi connectivity index (χ2v) is 11.1. The molecule has 2 heterocycles.